The molecule has 0 aliphatic carbocycles. The number of carbonyl (C=O) groups excluding carboxylic acids is 1. The summed E-state index contributed by atoms with van der Waals surface area (Å²) in [5.74, 6) is -0.364. The molecule has 0 saturated carbocycles. The van der Waals surface area contributed by atoms with E-state index in [2.05, 4.69) is 10.3 Å². The summed E-state index contributed by atoms with van der Waals surface area (Å²) in [4.78, 5) is 16.9. The lowest BCUT2D eigenvalue weighted by atomic mass is 10.0. The van der Waals surface area contributed by atoms with Crippen molar-refractivity contribution < 1.29 is 17.7 Å². The van der Waals surface area contributed by atoms with Gasteiger partial charge in [-0.1, -0.05) is 23.7 Å². The van der Waals surface area contributed by atoms with Crippen molar-refractivity contribution in [2.45, 2.75) is 13.0 Å². The van der Waals surface area contributed by atoms with E-state index in [0.717, 1.165) is 0 Å². The zero-order valence-corrected chi connectivity index (χ0v) is 16.9. The number of anilines is 2. The molecule has 3 aromatic rings. The first-order chi connectivity index (χ1) is 13.8. The highest BCUT2D eigenvalue weighted by molar-refractivity contribution is 7.74. The Labute approximate surface area is 175 Å². The van der Waals surface area contributed by atoms with Gasteiger partial charge in [0.1, 0.15) is 6.10 Å². The minimum Gasteiger partial charge on any atom is -0.398 e. The number of hydrogen-bond donors (Lipinski definition) is 3. The monoisotopic (exact) mass is 431 g/mol. The molecule has 2 aromatic carbocycles. The number of pyridine rings is 1. The Balaban J connectivity index is 1.80. The average molecular weight is 432 g/mol. The summed E-state index contributed by atoms with van der Waals surface area (Å²) in [6, 6.07) is 15.2. The molecule has 2 atom stereocenters. The smallest absolute Gasteiger partial charge is 0.302 e. The summed E-state index contributed by atoms with van der Waals surface area (Å²) < 4.78 is 24.4. The number of benzene rings is 2. The van der Waals surface area contributed by atoms with Crippen molar-refractivity contribution in [1.29, 1.82) is 0 Å². The van der Waals surface area contributed by atoms with Crippen molar-refractivity contribution in [3.8, 4) is 11.3 Å². The lowest BCUT2D eigenvalue weighted by Gasteiger charge is -2.14. The summed E-state index contributed by atoms with van der Waals surface area (Å²) in [5, 5.41) is 3.32. The second-order valence-electron chi connectivity index (χ2n) is 6.16. The van der Waals surface area contributed by atoms with E-state index in [9.17, 15) is 9.00 Å². The van der Waals surface area contributed by atoms with E-state index in [4.69, 9.17) is 26.1 Å². The highest BCUT2D eigenvalue weighted by Crippen LogP contribution is 2.30. The second kappa shape index (κ2) is 9.15. The SMILES string of the molecule is CC(OS(=O)O)c1ccc(C(=O)Nc2ccc(Cl)c(-c3ccccn3)c2)cc1N. The fraction of sp³-hybridized carbons (Fsp3) is 0.100. The highest BCUT2D eigenvalue weighted by atomic mass is 35.5. The fourth-order valence-electron chi connectivity index (χ4n) is 2.79. The summed E-state index contributed by atoms with van der Waals surface area (Å²) in [5.41, 5.74) is 9.04. The van der Waals surface area contributed by atoms with E-state index >= 15 is 0 Å². The molecule has 0 spiro atoms. The van der Waals surface area contributed by atoms with Crippen molar-refractivity contribution in [2.24, 2.45) is 0 Å². The van der Waals surface area contributed by atoms with Crippen molar-refractivity contribution in [1.82, 2.24) is 4.98 Å². The molecule has 0 aliphatic heterocycles. The van der Waals surface area contributed by atoms with E-state index in [-0.39, 0.29) is 11.6 Å². The Bertz CT molecular complexity index is 1060. The maximum absolute atomic E-state index is 12.6. The van der Waals surface area contributed by atoms with Gasteiger partial charge in [0.25, 0.3) is 5.91 Å². The minimum atomic E-state index is -2.42. The predicted octanol–water partition coefficient (Wildman–Crippen LogP) is 4.45. The Morgan fingerprint density at radius 3 is 2.69 bits per heavy atom. The number of hydrogen-bond acceptors (Lipinski definition) is 5. The fourth-order valence-corrected chi connectivity index (χ4v) is 3.35. The van der Waals surface area contributed by atoms with Gasteiger partial charge < -0.3 is 11.1 Å². The number of nitrogens with one attached hydrogen (secondary N) is 1. The van der Waals surface area contributed by atoms with Crippen molar-refractivity contribution in [3.63, 3.8) is 0 Å². The molecule has 9 heteroatoms. The van der Waals surface area contributed by atoms with Gasteiger partial charge in [-0.3, -0.25) is 18.5 Å². The van der Waals surface area contributed by atoms with Gasteiger partial charge in [0, 0.05) is 34.3 Å². The van der Waals surface area contributed by atoms with Crippen LogP contribution in [0.5, 0.6) is 0 Å². The molecule has 3 rings (SSSR count). The average Bonchev–Trinajstić information content (AvgIpc) is 2.69. The number of amides is 1. The van der Waals surface area contributed by atoms with Crippen LogP contribution in [-0.4, -0.2) is 19.7 Å². The predicted molar refractivity (Wildman–Crippen MR) is 114 cm³/mol. The van der Waals surface area contributed by atoms with Crippen molar-refractivity contribution in [2.75, 3.05) is 11.1 Å². The number of nitrogen functional groups attached to an aromatic ring is 1. The van der Waals surface area contributed by atoms with E-state index in [0.29, 0.717) is 33.1 Å². The third-order valence-corrected chi connectivity index (χ3v) is 4.96. The lowest BCUT2D eigenvalue weighted by molar-refractivity contribution is 0.102. The second-order valence-corrected chi connectivity index (χ2v) is 7.20. The molecule has 1 aromatic heterocycles. The van der Waals surface area contributed by atoms with Crippen molar-refractivity contribution >= 4 is 40.2 Å². The molecule has 0 bridgehead atoms. The first-order valence-corrected chi connectivity index (χ1v) is 9.96. The van der Waals surface area contributed by atoms with E-state index < -0.39 is 17.5 Å². The van der Waals surface area contributed by atoms with Crippen LogP contribution in [0.2, 0.25) is 5.02 Å². The minimum absolute atomic E-state index is 0.279. The molecule has 0 saturated heterocycles. The van der Waals surface area contributed by atoms with Crippen LogP contribution in [0.3, 0.4) is 0 Å². The van der Waals surface area contributed by atoms with Crippen LogP contribution < -0.4 is 11.1 Å². The van der Waals surface area contributed by atoms with Gasteiger partial charge in [-0.2, -0.15) is 4.21 Å². The third kappa shape index (κ3) is 5.18. The van der Waals surface area contributed by atoms with Crippen LogP contribution in [0.15, 0.2) is 60.8 Å². The molecule has 0 radical (unpaired) electrons. The molecule has 7 nitrogen and oxygen atoms in total. The van der Waals surface area contributed by atoms with Gasteiger partial charge in [-0.25, -0.2) is 0 Å². The van der Waals surface area contributed by atoms with Gasteiger partial charge >= 0.3 is 11.4 Å². The largest absolute Gasteiger partial charge is 0.398 e. The lowest BCUT2D eigenvalue weighted by Crippen LogP contribution is -2.13. The molecular formula is C20H18ClN3O4S. The summed E-state index contributed by atoms with van der Waals surface area (Å²) in [6.07, 6.45) is 0.966. The number of carbonyl (C=O) groups is 1. The number of nitrogens with two attached hydrogens (primary N) is 1. The highest BCUT2D eigenvalue weighted by Gasteiger charge is 2.15. The Kier molecular flexibility index (Phi) is 6.60. The molecule has 1 amide bonds. The Morgan fingerprint density at radius 1 is 1.24 bits per heavy atom. The molecule has 150 valence electrons. The number of aromatic nitrogens is 1. The summed E-state index contributed by atoms with van der Waals surface area (Å²) >= 11 is 3.85. The van der Waals surface area contributed by atoms with Gasteiger partial charge in [0.15, 0.2) is 0 Å². The first-order valence-electron chi connectivity index (χ1n) is 8.55. The molecule has 29 heavy (non-hydrogen) atoms. The summed E-state index contributed by atoms with van der Waals surface area (Å²) in [7, 11) is 0. The van der Waals surface area contributed by atoms with Gasteiger partial charge in [0.05, 0.1) is 10.7 Å². The standard InChI is InChI=1S/C20H18ClN3O4S/c1-12(28-29(26)27)15-7-5-13(10-18(15)22)20(25)24-14-6-8-17(21)16(11-14)19-4-2-3-9-23-19/h2-12H,22H2,1H3,(H,24,25)(H,26,27). The van der Waals surface area contributed by atoms with Crippen LogP contribution in [0.25, 0.3) is 11.3 Å². The molecular weight excluding hydrogens is 414 g/mol. The van der Waals surface area contributed by atoms with Crippen LogP contribution in [0.1, 0.15) is 28.9 Å². The van der Waals surface area contributed by atoms with Crippen LogP contribution in [0, 0.1) is 0 Å². The Morgan fingerprint density at radius 2 is 2.03 bits per heavy atom. The molecule has 2 unspecified atom stereocenters. The molecule has 0 aliphatic rings. The zero-order chi connectivity index (χ0) is 21.0. The topological polar surface area (TPSA) is 115 Å². The maximum Gasteiger partial charge on any atom is 0.302 e. The van der Waals surface area contributed by atoms with Crippen molar-refractivity contribution in [3.05, 3.63) is 76.9 Å². The third-order valence-electron chi connectivity index (χ3n) is 4.18. The molecule has 1 heterocycles. The van der Waals surface area contributed by atoms with Crippen LogP contribution >= 0.6 is 11.6 Å². The van der Waals surface area contributed by atoms with E-state index in [1.54, 1.807) is 49.5 Å². The van der Waals surface area contributed by atoms with Gasteiger partial charge in [-0.05, 0) is 49.4 Å². The number of halogens is 1. The quantitative estimate of drug-likeness (QED) is 0.392. The number of rotatable bonds is 6. The molecule has 0 fully saturated rings. The van der Waals surface area contributed by atoms with E-state index in [1.807, 2.05) is 12.1 Å². The zero-order valence-electron chi connectivity index (χ0n) is 15.3. The molecule has 4 N–H and O–H groups in total. The normalized spacial score (nSPS) is 12.9. The van der Waals surface area contributed by atoms with Crippen LogP contribution in [0.4, 0.5) is 11.4 Å². The van der Waals surface area contributed by atoms with Crippen LogP contribution in [-0.2, 0) is 15.5 Å². The number of nitrogens with zero attached hydrogens (tertiary/aromatic N) is 1. The van der Waals surface area contributed by atoms with Gasteiger partial charge in [0.2, 0.25) is 0 Å². The Hall–Kier alpha value is -2.78. The van der Waals surface area contributed by atoms with Gasteiger partial charge in [-0.15, -0.1) is 0 Å². The summed E-state index contributed by atoms with van der Waals surface area (Å²) in [6.45, 7) is 1.59. The maximum atomic E-state index is 12.6. The first kappa shape index (κ1) is 20.9. The van der Waals surface area contributed by atoms with E-state index in [1.165, 1.54) is 6.07 Å².